The minimum absolute atomic E-state index is 0.0632. The average molecular weight is 343 g/mol. The van der Waals surface area contributed by atoms with E-state index < -0.39 is 23.8 Å². The summed E-state index contributed by atoms with van der Waals surface area (Å²) in [7, 11) is 0. The summed E-state index contributed by atoms with van der Waals surface area (Å²) in [6, 6.07) is 7.60. The molecule has 128 valence electrons. The number of nitrogens with one attached hydrogen (secondary N) is 1. The summed E-state index contributed by atoms with van der Waals surface area (Å²) >= 11 is 0. The van der Waals surface area contributed by atoms with Crippen molar-refractivity contribution in [1.29, 1.82) is 0 Å². The van der Waals surface area contributed by atoms with Crippen LogP contribution in [0.1, 0.15) is 28.4 Å². The smallest absolute Gasteiger partial charge is 0.255 e. The zero-order valence-corrected chi connectivity index (χ0v) is 13.1. The van der Waals surface area contributed by atoms with Gasteiger partial charge in [0.1, 0.15) is 11.6 Å². The molecule has 1 amide bonds. The molecule has 1 aliphatic heterocycles. The highest BCUT2D eigenvalue weighted by molar-refractivity contribution is 6.06. The summed E-state index contributed by atoms with van der Waals surface area (Å²) in [5.74, 6) is -1.53. The molecule has 0 aliphatic carbocycles. The Morgan fingerprint density at radius 1 is 1.28 bits per heavy atom. The van der Waals surface area contributed by atoms with Crippen molar-refractivity contribution in [2.75, 3.05) is 6.54 Å². The molecule has 2 heterocycles. The number of carbonyl (C=O) groups excluding carboxylic acids is 1. The topological polar surface area (TPSA) is 69.2 Å². The van der Waals surface area contributed by atoms with Crippen molar-refractivity contribution in [2.45, 2.75) is 18.6 Å². The molecule has 1 aromatic heterocycles. The molecule has 0 unspecified atom stereocenters. The molecule has 0 saturated carbocycles. The van der Waals surface area contributed by atoms with Gasteiger partial charge in [-0.05, 0) is 36.8 Å². The number of aliphatic hydroxyl groups is 1. The summed E-state index contributed by atoms with van der Waals surface area (Å²) in [5.41, 5.74) is 1.19. The number of H-pyrrole nitrogens is 1. The molecule has 2 N–H and O–H groups in total. The highest BCUT2D eigenvalue weighted by Crippen LogP contribution is 2.35. The van der Waals surface area contributed by atoms with E-state index in [1.807, 2.05) is 0 Å². The Kier molecular flexibility index (Phi) is 3.73. The third kappa shape index (κ3) is 2.66. The van der Waals surface area contributed by atoms with Gasteiger partial charge >= 0.3 is 0 Å². The van der Waals surface area contributed by atoms with Crippen LogP contribution in [0.2, 0.25) is 0 Å². The molecule has 0 radical (unpaired) electrons. The van der Waals surface area contributed by atoms with E-state index in [-0.39, 0.29) is 24.4 Å². The van der Waals surface area contributed by atoms with Gasteiger partial charge in [0.15, 0.2) is 0 Å². The van der Waals surface area contributed by atoms with Crippen LogP contribution >= 0.6 is 0 Å². The van der Waals surface area contributed by atoms with Crippen molar-refractivity contribution in [1.82, 2.24) is 15.1 Å². The normalized spacial score (nSPS) is 20.4. The van der Waals surface area contributed by atoms with E-state index in [2.05, 4.69) is 10.2 Å². The maximum absolute atomic E-state index is 14.2. The van der Waals surface area contributed by atoms with Crippen LogP contribution in [-0.4, -0.2) is 38.8 Å². The second kappa shape index (κ2) is 5.93. The fourth-order valence-electron chi connectivity index (χ4n) is 3.41. The molecule has 0 spiro atoms. The van der Waals surface area contributed by atoms with E-state index in [0.717, 1.165) is 18.2 Å². The number of carbonyl (C=O) groups is 1. The first kappa shape index (κ1) is 15.7. The summed E-state index contributed by atoms with van der Waals surface area (Å²) in [5, 5.41) is 17.4. The van der Waals surface area contributed by atoms with Crippen molar-refractivity contribution in [2.24, 2.45) is 0 Å². The van der Waals surface area contributed by atoms with Crippen molar-refractivity contribution in [3.05, 3.63) is 65.4 Å². The highest BCUT2D eigenvalue weighted by atomic mass is 19.1. The van der Waals surface area contributed by atoms with E-state index in [1.54, 1.807) is 24.4 Å². The van der Waals surface area contributed by atoms with Gasteiger partial charge in [-0.1, -0.05) is 6.07 Å². The van der Waals surface area contributed by atoms with E-state index >= 15 is 0 Å². The van der Waals surface area contributed by atoms with Crippen LogP contribution in [0.5, 0.6) is 0 Å². The monoisotopic (exact) mass is 343 g/mol. The van der Waals surface area contributed by atoms with E-state index in [4.69, 9.17) is 0 Å². The Morgan fingerprint density at radius 2 is 2.12 bits per heavy atom. The Morgan fingerprint density at radius 3 is 2.96 bits per heavy atom. The molecule has 1 aliphatic rings. The molecule has 4 rings (SSSR count). The molecule has 25 heavy (non-hydrogen) atoms. The SMILES string of the molecule is O=C(c1cccc2[nH]ncc12)N1C[C@H](O)C[C@H]1c1cc(F)ccc1F. The summed E-state index contributed by atoms with van der Waals surface area (Å²) in [6.45, 7) is 0.0632. The summed E-state index contributed by atoms with van der Waals surface area (Å²) in [6.07, 6.45) is 0.917. The van der Waals surface area contributed by atoms with Crippen LogP contribution in [0.25, 0.3) is 10.9 Å². The average Bonchev–Trinajstić information content (AvgIpc) is 3.22. The van der Waals surface area contributed by atoms with Gasteiger partial charge in [0.05, 0.1) is 29.4 Å². The molecule has 1 fully saturated rings. The number of aromatic amines is 1. The zero-order valence-electron chi connectivity index (χ0n) is 13.1. The van der Waals surface area contributed by atoms with Gasteiger partial charge in [0.25, 0.3) is 5.91 Å². The Labute approximate surface area is 141 Å². The first-order valence-electron chi connectivity index (χ1n) is 7.90. The van der Waals surface area contributed by atoms with Gasteiger partial charge in [-0.3, -0.25) is 9.89 Å². The number of aliphatic hydroxyl groups excluding tert-OH is 1. The van der Waals surface area contributed by atoms with Crippen molar-refractivity contribution >= 4 is 16.8 Å². The van der Waals surface area contributed by atoms with Crippen LogP contribution in [0.3, 0.4) is 0 Å². The first-order chi connectivity index (χ1) is 12.0. The van der Waals surface area contributed by atoms with E-state index in [0.29, 0.717) is 16.5 Å². The number of β-amino-alcohol motifs (C(OH)–C–C–N with tert-alkyl or cyclic N) is 1. The maximum Gasteiger partial charge on any atom is 0.255 e. The lowest BCUT2D eigenvalue weighted by atomic mass is 10.0. The third-order valence-corrected chi connectivity index (χ3v) is 4.57. The summed E-state index contributed by atoms with van der Waals surface area (Å²) < 4.78 is 27.8. The zero-order chi connectivity index (χ0) is 17.6. The minimum atomic E-state index is -0.792. The van der Waals surface area contributed by atoms with Crippen molar-refractivity contribution < 1.29 is 18.7 Å². The molecular weight excluding hydrogens is 328 g/mol. The Balaban J connectivity index is 1.76. The number of hydrogen-bond donors (Lipinski definition) is 2. The van der Waals surface area contributed by atoms with E-state index in [9.17, 15) is 18.7 Å². The van der Waals surface area contributed by atoms with Gasteiger partial charge in [0.2, 0.25) is 0 Å². The first-order valence-corrected chi connectivity index (χ1v) is 7.90. The highest BCUT2D eigenvalue weighted by Gasteiger charge is 2.37. The number of hydrogen-bond acceptors (Lipinski definition) is 3. The molecule has 2 atom stereocenters. The summed E-state index contributed by atoms with van der Waals surface area (Å²) in [4.78, 5) is 14.4. The predicted molar refractivity (Wildman–Crippen MR) is 86.9 cm³/mol. The molecular formula is C18H15F2N3O2. The quantitative estimate of drug-likeness (QED) is 0.752. The fraction of sp³-hybridized carbons (Fsp3) is 0.222. The lowest BCUT2D eigenvalue weighted by Gasteiger charge is -2.25. The Hall–Kier alpha value is -2.80. The van der Waals surface area contributed by atoms with Gasteiger partial charge in [-0.25, -0.2) is 8.78 Å². The van der Waals surface area contributed by atoms with Crippen LogP contribution in [0.4, 0.5) is 8.78 Å². The largest absolute Gasteiger partial charge is 0.391 e. The molecule has 2 aromatic carbocycles. The van der Waals surface area contributed by atoms with Crippen LogP contribution in [0.15, 0.2) is 42.6 Å². The maximum atomic E-state index is 14.2. The standard InChI is InChI=1S/C18H15F2N3O2/c19-10-4-5-15(20)13(6-10)17-7-11(24)9-23(17)18(25)12-2-1-3-16-14(12)8-21-22-16/h1-6,8,11,17,24H,7,9H2,(H,21,22)/t11-,17+/m1/s1. The van der Waals surface area contributed by atoms with Gasteiger partial charge in [-0.2, -0.15) is 5.10 Å². The number of amides is 1. The van der Waals surface area contributed by atoms with Crippen LogP contribution in [-0.2, 0) is 0 Å². The number of aromatic nitrogens is 2. The van der Waals surface area contributed by atoms with Gasteiger partial charge in [0, 0.05) is 17.5 Å². The number of likely N-dealkylation sites (tertiary alicyclic amines) is 1. The number of rotatable bonds is 2. The number of halogens is 2. The fourth-order valence-corrected chi connectivity index (χ4v) is 3.41. The number of fused-ring (bicyclic) bond motifs is 1. The molecule has 1 saturated heterocycles. The van der Waals surface area contributed by atoms with Crippen LogP contribution in [0, 0.1) is 11.6 Å². The predicted octanol–water partition coefficient (Wildman–Crippen LogP) is 2.79. The second-order valence-electron chi connectivity index (χ2n) is 6.17. The van der Waals surface area contributed by atoms with Crippen LogP contribution < -0.4 is 0 Å². The second-order valence-corrected chi connectivity index (χ2v) is 6.17. The molecule has 3 aromatic rings. The minimum Gasteiger partial charge on any atom is -0.391 e. The van der Waals surface area contributed by atoms with E-state index in [1.165, 1.54) is 4.90 Å². The lowest BCUT2D eigenvalue weighted by molar-refractivity contribution is 0.0715. The number of nitrogens with zero attached hydrogens (tertiary/aromatic N) is 2. The Bertz CT molecular complexity index is 956. The van der Waals surface area contributed by atoms with Crippen molar-refractivity contribution in [3.63, 3.8) is 0 Å². The number of benzene rings is 2. The molecule has 0 bridgehead atoms. The van der Waals surface area contributed by atoms with Crippen molar-refractivity contribution in [3.8, 4) is 0 Å². The lowest BCUT2D eigenvalue weighted by Crippen LogP contribution is -2.32. The molecule has 7 heteroatoms. The van der Waals surface area contributed by atoms with Gasteiger partial charge < -0.3 is 10.0 Å². The molecule has 5 nitrogen and oxygen atoms in total. The van der Waals surface area contributed by atoms with Gasteiger partial charge in [-0.15, -0.1) is 0 Å². The third-order valence-electron chi connectivity index (χ3n) is 4.57.